The second-order valence-corrected chi connectivity index (χ2v) is 8.92. The molecule has 1 aromatic carbocycles. The zero-order valence-corrected chi connectivity index (χ0v) is 18.6. The fraction of sp³-hybridized carbons (Fsp3) is 0.583. The van der Waals surface area contributed by atoms with Crippen LogP contribution in [0.2, 0.25) is 0 Å². The van der Waals surface area contributed by atoms with Crippen molar-refractivity contribution in [3.05, 3.63) is 42.0 Å². The summed E-state index contributed by atoms with van der Waals surface area (Å²) in [5.41, 5.74) is 3.45. The van der Waals surface area contributed by atoms with E-state index in [0.717, 1.165) is 32.6 Å². The van der Waals surface area contributed by atoms with Crippen molar-refractivity contribution in [2.24, 2.45) is 5.92 Å². The molecule has 2 fully saturated rings. The summed E-state index contributed by atoms with van der Waals surface area (Å²) in [6, 6.07) is 6.80. The molecule has 7 nitrogen and oxygen atoms in total. The van der Waals surface area contributed by atoms with E-state index in [1.807, 2.05) is 0 Å². The summed E-state index contributed by atoms with van der Waals surface area (Å²) >= 11 is 0. The van der Waals surface area contributed by atoms with Crippen LogP contribution in [-0.4, -0.2) is 67.8 Å². The van der Waals surface area contributed by atoms with E-state index in [1.54, 1.807) is 6.08 Å². The molecular weight excluding hydrogens is 394 g/mol. The molecule has 0 N–H and O–H groups in total. The van der Waals surface area contributed by atoms with Crippen molar-refractivity contribution in [1.82, 2.24) is 9.96 Å². The van der Waals surface area contributed by atoms with Gasteiger partial charge in [-0.25, -0.2) is 5.06 Å². The summed E-state index contributed by atoms with van der Waals surface area (Å²) in [5.74, 6) is -0.967. The Morgan fingerprint density at radius 1 is 1.29 bits per heavy atom. The number of methoxy groups -OCH3 is 1. The Hall–Kier alpha value is -2.38. The van der Waals surface area contributed by atoms with E-state index in [4.69, 9.17) is 9.57 Å². The minimum atomic E-state index is -0.637. The van der Waals surface area contributed by atoms with E-state index >= 15 is 0 Å². The highest BCUT2D eigenvalue weighted by atomic mass is 16.7. The van der Waals surface area contributed by atoms with E-state index < -0.39 is 11.5 Å². The third kappa shape index (κ3) is 4.08. The second kappa shape index (κ2) is 9.01. The molecule has 0 aliphatic carbocycles. The Kier molecular flexibility index (Phi) is 6.34. The molecule has 3 heterocycles. The number of hydrogen-bond donors (Lipinski definition) is 0. The standard InChI is InChI=1S/C24H33N3O4/c1-4-14-31-27-22(28)16-20(23(29)30-3)24(27)9-12-26(13-10-24)17-18-7-8-21-19(15-18)6-5-11-25(21)2/h4,7-8,15,20H,1,5-6,9-14,16-17H2,2-3H3/t20-/m1/s1. The lowest BCUT2D eigenvalue weighted by Crippen LogP contribution is -2.57. The number of likely N-dealkylation sites (tertiary alicyclic amines) is 1. The number of nitrogens with zero attached hydrogens (tertiary/aromatic N) is 3. The highest BCUT2D eigenvalue weighted by Gasteiger charge is 2.58. The number of ether oxygens (including phenoxy) is 1. The van der Waals surface area contributed by atoms with Gasteiger partial charge < -0.3 is 9.64 Å². The molecule has 1 atom stereocenters. The van der Waals surface area contributed by atoms with E-state index in [0.29, 0.717) is 12.8 Å². The number of piperidine rings is 1. The monoisotopic (exact) mass is 427 g/mol. The zero-order chi connectivity index (χ0) is 22.0. The Labute approximate surface area is 184 Å². The van der Waals surface area contributed by atoms with Gasteiger partial charge in [0.15, 0.2) is 0 Å². The lowest BCUT2D eigenvalue weighted by atomic mass is 9.77. The number of carbonyl (C=O) groups excluding carboxylic acids is 2. The molecule has 2 saturated heterocycles. The highest BCUT2D eigenvalue weighted by Crippen LogP contribution is 2.44. The van der Waals surface area contributed by atoms with Crippen LogP contribution in [0, 0.1) is 5.92 Å². The maximum absolute atomic E-state index is 12.7. The molecule has 1 amide bonds. The van der Waals surface area contributed by atoms with Gasteiger partial charge in [0.25, 0.3) is 0 Å². The number of benzene rings is 1. The second-order valence-electron chi connectivity index (χ2n) is 8.92. The van der Waals surface area contributed by atoms with Crippen molar-refractivity contribution < 1.29 is 19.2 Å². The van der Waals surface area contributed by atoms with Gasteiger partial charge in [-0.1, -0.05) is 18.2 Å². The van der Waals surface area contributed by atoms with Crippen molar-refractivity contribution in [1.29, 1.82) is 0 Å². The average molecular weight is 428 g/mol. The largest absolute Gasteiger partial charge is 0.469 e. The minimum absolute atomic E-state index is 0.141. The Morgan fingerprint density at radius 3 is 2.77 bits per heavy atom. The molecule has 3 aliphatic heterocycles. The molecule has 0 aromatic heterocycles. The number of rotatable bonds is 6. The smallest absolute Gasteiger partial charge is 0.311 e. The Balaban J connectivity index is 1.47. The van der Waals surface area contributed by atoms with Crippen LogP contribution in [0.5, 0.6) is 0 Å². The van der Waals surface area contributed by atoms with Gasteiger partial charge in [0, 0.05) is 45.3 Å². The molecule has 3 aliphatic rings. The van der Waals surface area contributed by atoms with Gasteiger partial charge in [-0.2, -0.15) is 0 Å². The summed E-state index contributed by atoms with van der Waals surface area (Å²) in [6.07, 6.45) is 5.46. The third-order valence-corrected chi connectivity index (χ3v) is 7.09. The lowest BCUT2D eigenvalue weighted by molar-refractivity contribution is -0.218. The molecule has 1 spiro atoms. The molecule has 4 rings (SSSR count). The first kappa shape index (κ1) is 21.8. The van der Waals surface area contributed by atoms with E-state index in [2.05, 4.69) is 41.6 Å². The average Bonchev–Trinajstić information content (AvgIpc) is 3.04. The van der Waals surface area contributed by atoms with Gasteiger partial charge in [-0.05, 0) is 42.9 Å². The first-order chi connectivity index (χ1) is 15.0. The quantitative estimate of drug-likeness (QED) is 0.514. The first-order valence-corrected chi connectivity index (χ1v) is 11.2. The maximum atomic E-state index is 12.7. The van der Waals surface area contributed by atoms with Crippen molar-refractivity contribution in [3.63, 3.8) is 0 Å². The fourth-order valence-corrected chi connectivity index (χ4v) is 5.46. The number of hydrogen-bond acceptors (Lipinski definition) is 6. The topological polar surface area (TPSA) is 62.3 Å². The predicted molar refractivity (Wildman–Crippen MR) is 118 cm³/mol. The minimum Gasteiger partial charge on any atom is -0.469 e. The van der Waals surface area contributed by atoms with Crippen molar-refractivity contribution in [3.8, 4) is 0 Å². The molecule has 7 heteroatoms. The normalized spacial score (nSPS) is 23.2. The summed E-state index contributed by atoms with van der Waals surface area (Å²) in [5, 5.41) is 1.46. The summed E-state index contributed by atoms with van der Waals surface area (Å²) < 4.78 is 5.04. The number of fused-ring (bicyclic) bond motifs is 1. The number of anilines is 1. The van der Waals surface area contributed by atoms with Crippen LogP contribution in [0.4, 0.5) is 5.69 Å². The maximum Gasteiger partial charge on any atom is 0.311 e. The van der Waals surface area contributed by atoms with Crippen LogP contribution in [0.25, 0.3) is 0 Å². The van der Waals surface area contributed by atoms with Gasteiger partial charge in [0.2, 0.25) is 5.91 Å². The highest BCUT2D eigenvalue weighted by molar-refractivity contribution is 5.88. The number of esters is 1. The van der Waals surface area contributed by atoms with Crippen LogP contribution >= 0.6 is 0 Å². The van der Waals surface area contributed by atoms with Gasteiger partial charge in [0.05, 0.1) is 25.2 Å². The number of carbonyl (C=O) groups is 2. The van der Waals surface area contributed by atoms with Gasteiger partial charge in [0.1, 0.15) is 0 Å². The molecule has 0 radical (unpaired) electrons. The number of hydroxylamine groups is 2. The zero-order valence-electron chi connectivity index (χ0n) is 18.6. The van der Waals surface area contributed by atoms with Crippen LogP contribution < -0.4 is 4.90 Å². The molecule has 1 aromatic rings. The van der Waals surface area contributed by atoms with Crippen LogP contribution in [0.15, 0.2) is 30.9 Å². The predicted octanol–water partition coefficient (Wildman–Crippen LogP) is 2.54. The molecule has 31 heavy (non-hydrogen) atoms. The molecule has 0 saturated carbocycles. The summed E-state index contributed by atoms with van der Waals surface area (Å²) in [6.45, 7) is 7.51. The summed E-state index contributed by atoms with van der Waals surface area (Å²) in [7, 11) is 3.54. The summed E-state index contributed by atoms with van der Waals surface area (Å²) in [4.78, 5) is 35.6. The van der Waals surface area contributed by atoms with Gasteiger partial charge >= 0.3 is 5.97 Å². The molecular formula is C24H33N3O4. The van der Waals surface area contributed by atoms with E-state index in [-0.39, 0.29) is 24.9 Å². The van der Waals surface area contributed by atoms with Crippen molar-refractivity contribution in [2.45, 2.75) is 44.2 Å². The van der Waals surface area contributed by atoms with Crippen molar-refractivity contribution >= 4 is 17.6 Å². The number of aryl methyl sites for hydroxylation is 1. The third-order valence-electron chi connectivity index (χ3n) is 7.09. The van der Waals surface area contributed by atoms with Crippen LogP contribution in [-0.2, 0) is 32.1 Å². The number of amides is 1. The van der Waals surface area contributed by atoms with Gasteiger partial charge in [-0.15, -0.1) is 6.58 Å². The molecule has 0 bridgehead atoms. The van der Waals surface area contributed by atoms with Crippen LogP contribution in [0.3, 0.4) is 0 Å². The Bertz CT molecular complexity index is 847. The first-order valence-electron chi connectivity index (χ1n) is 11.2. The molecule has 0 unspecified atom stereocenters. The van der Waals surface area contributed by atoms with Crippen LogP contribution in [0.1, 0.15) is 36.8 Å². The molecule has 168 valence electrons. The Morgan fingerprint density at radius 2 is 2.06 bits per heavy atom. The van der Waals surface area contributed by atoms with E-state index in [1.165, 1.54) is 35.4 Å². The lowest BCUT2D eigenvalue weighted by Gasteiger charge is -2.45. The SMILES string of the molecule is C=CCON1C(=O)C[C@H](C(=O)OC)C12CCN(Cc1ccc3c(c1)CCCN3C)CC2. The fourth-order valence-electron chi connectivity index (χ4n) is 5.46. The van der Waals surface area contributed by atoms with Crippen molar-refractivity contribution in [2.75, 3.05) is 45.3 Å². The van der Waals surface area contributed by atoms with Gasteiger partial charge in [-0.3, -0.25) is 19.3 Å². The van der Waals surface area contributed by atoms with E-state index in [9.17, 15) is 9.59 Å².